The Bertz CT molecular complexity index is 370. The van der Waals surface area contributed by atoms with Crippen molar-refractivity contribution in [2.75, 3.05) is 0 Å². The quantitative estimate of drug-likeness (QED) is 0.451. The van der Waals surface area contributed by atoms with Crippen molar-refractivity contribution < 1.29 is 19.2 Å². The monoisotopic (exact) mass is 324 g/mol. The van der Waals surface area contributed by atoms with E-state index >= 15 is 0 Å². The van der Waals surface area contributed by atoms with Gasteiger partial charge in [0.05, 0.1) is 0 Å². The number of carbonyl (C=O) groups is 4. The van der Waals surface area contributed by atoms with Gasteiger partial charge in [-0.2, -0.15) is 0 Å². The van der Waals surface area contributed by atoms with Crippen molar-refractivity contribution in [3.05, 3.63) is 0 Å². The summed E-state index contributed by atoms with van der Waals surface area (Å²) in [6.07, 6.45) is 6.55. The van der Waals surface area contributed by atoms with Gasteiger partial charge in [0.15, 0.2) is 0 Å². The summed E-state index contributed by atoms with van der Waals surface area (Å²) in [6, 6.07) is 0. The summed E-state index contributed by atoms with van der Waals surface area (Å²) < 4.78 is 0. The van der Waals surface area contributed by atoms with Crippen LogP contribution < -0.4 is 0 Å². The third-order valence-electron chi connectivity index (χ3n) is 4.34. The molecule has 0 aliphatic carbocycles. The molecule has 0 fully saturated rings. The van der Waals surface area contributed by atoms with Gasteiger partial charge in [0, 0.05) is 38.5 Å². The molecule has 0 atom stereocenters. The Morgan fingerprint density at radius 3 is 1.35 bits per heavy atom. The second kappa shape index (κ2) is 10.5. The zero-order valence-electron chi connectivity index (χ0n) is 15.2. The average Bonchev–Trinajstić information content (AvgIpc) is 2.43. The Hall–Kier alpha value is -1.32. The molecule has 4 heteroatoms. The van der Waals surface area contributed by atoms with Gasteiger partial charge in [-0.3, -0.25) is 9.59 Å². The van der Waals surface area contributed by atoms with Gasteiger partial charge in [0.25, 0.3) is 0 Å². The van der Waals surface area contributed by atoms with Gasteiger partial charge < -0.3 is 9.59 Å². The summed E-state index contributed by atoms with van der Waals surface area (Å²) in [7, 11) is 0. The van der Waals surface area contributed by atoms with E-state index in [4.69, 9.17) is 0 Å². The molecule has 0 aliphatic heterocycles. The molecule has 0 amide bonds. The SMILES string of the molecule is CC(C)(CC=O)CCC(=O)CCCC(=O)CCC(C)(C)CC=O. The summed E-state index contributed by atoms with van der Waals surface area (Å²) in [5, 5.41) is 0. The van der Waals surface area contributed by atoms with Gasteiger partial charge in [-0.05, 0) is 30.1 Å². The molecule has 23 heavy (non-hydrogen) atoms. The van der Waals surface area contributed by atoms with E-state index in [-0.39, 0.29) is 22.4 Å². The fraction of sp³-hybridized carbons (Fsp3) is 0.789. The Labute approximate surface area is 140 Å². The highest BCUT2D eigenvalue weighted by Gasteiger charge is 2.20. The number of hydrogen-bond acceptors (Lipinski definition) is 4. The highest BCUT2D eigenvalue weighted by atomic mass is 16.1. The molecular formula is C19H32O4. The first-order valence-electron chi connectivity index (χ1n) is 8.52. The zero-order chi connectivity index (χ0) is 17.9. The van der Waals surface area contributed by atoms with E-state index in [9.17, 15) is 19.2 Å². The molecule has 0 saturated carbocycles. The molecule has 0 spiro atoms. The summed E-state index contributed by atoms with van der Waals surface area (Å²) in [5.74, 6) is 0.330. The summed E-state index contributed by atoms with van der Waals surface area (Å²) in [4.78, 5) is 44.8. The highest BCUT2D eigenvalue weighted by molar-refractivity contribution is 5.81. The van der Waals surface area contributed by atoms with Crippen LogP contribution in [0.1, 0.15) is 85.5 Å². The third-order valence-corrected chi connectivity index (χ3v) is 4.34. The molecule has 0 saturated heterocycles. The molecule has 0 aromatic carbocycles. The maximum atomic E-state index is 11.8. The molecule has 0 radical (unpaired) electrons. The maximum Gasteiger partial charge on any atom is 0.132 e. The van der Waals surface area contributed by atoms with E-state index in [0.717, 1.165) is 12.6 Å². The molecule has 0 aromatic heterocycles. The molecule has 132 valence electrons. The Balaban J connectivity index is 3.89. The zero-order valence-corrected chi connectivity index (χ0v) is 15.2. The van der Waals surface area contributed by atoms with E-state index in [2.05, 4.69) is 0 Å². The summed E-state index contributed by atoms with van der Waals surface area (Å²) >= 11 is 0. The van der Waals surface area contributed by atoms with Crippen LogP contribution >= 0.6 is 0 Å². The minimum absolute atomic E-state index is 0.128. The third kappa shape index (κ3) is 11.8. The summed E-state index contributed by atoms with van der Waals surface area (Å²) in [5.41, 5.74) is -0.255. The minimum atomic E-state index is -0.128. The Kier molecular flexibility index (Phi) is 9.85. The van der Waals surface area contributed by atoms with E-state index in [1.54, 1.807) is 0 Å². The molecule has 0 aliphatic rings. The molecule has 0 N–H and O–H groups in total. The lowest BCUT2D eigenvalue weighted by Gasteiger charge is -2.21. The normalized spacial score (nSPS) is 12.0. The molecule has 4 nitrogen and oxygen atoms in total. The van der Waals surface area contributed by atoms with Crippen LogP contribution in [0.5, 0.6) is 0 Å². The van der Waals surface area contributed by atoms with Crippen molar-refractivity contribution in [1.29, 1.82) is 0 Å². The number of rotatable bonds is 14. The number of ketones is 2. The van der Waals surface area contributed by atoms with Crippen LogP contribution in [0.2, 0.25) is 0 Å². The lowest BCUT2D eigenvalue weighted by molar-refractivity contribution is -0.121. The maximum absolute atomic E-state index is 11.8. The molecule has 0 rings (SSSR count). The van der Waals surface area contributed by atoms with Crippen molar-refractivity contribution in [3.8, 4) is 0 Å². The van der Waals surface area contributed by atoms with Crippen LogP contribution in [0.3, 0.4) is 0 Å². The van der Waals surface area contributed by atoms with Gasteiger partial charge in [0.1, 0.15) is 24.1 Å². The van der Waals surface area contributed by atoms with Crippen LogP contribution in [0, 0.1) is 10.8 Å². The van der Waals surface area contributed by atoms with Gasteiger partial charge in [-0.1, -0.05) is 27.7 Å². The molecule has 0 aromatic rings. The lowest BCUT2D eigenvalue weighted by atomic mass is 9.83. The lowest BCUT2D eigenvalue weighted by Crippen LogP contribution is -2.15. The van der Waals surface area contributed by atoms with Crippen LogP contribution in [0.25, 0.3) is 0 Å². The van der Waals surface area contributed by atoms with Gasteiger partial charge in [-0.25, -0.2) is 0 Å². The molecular weight excluding hydrogens is 292 g/mol. The van der Waals surface area contributed by atoms with Crippen molar-refractivity contribution in [2.45, 2.75) is 85.5 Å². The van der Waals surface area contributed by atoms with Crippen LogP contribution in [0.4, 0.5) is 0 Å². The van der Waals surface area contributed by atoms with E-state index in [1.165, 1.54) is 0 Å². The van der Waals surface area contributed by atoms with Crippen LogP contribution in [0.15, 0.2) is 0 Å². The first kappa shape index (κ1) is 21.7. The fourth-order valence-electron chi connectivity index (χ4n) is 2.34. The first-order chi connectivity index (χ1) is 10.6. The summed E-state index contributed by atoms with van der Waals surface area (Å²) in [6.45, 7) is 7.94. The van der Waals surface area contributed by atoms with E-state index < -0.39 is 0 Å². The predicted octanol–water partition coefficient (Wildman–Crippen LogP) is 4.09. The standard InChI is InChI=1S/C19H32O4/c1-18(2,12-14-20)10-8-16(22)6-5-7-17(23)9-11-19(3,4)13-15-21/h14-15H,5-13H2,1-4H3. The van der Waals surface area contributed by atoms with Gasteiger partial charge >= 0.3 is 0 Å². The van der Waals surface area contributed by atoms with E-state index in [1.807, 2.05) is 27.7 Å². The van der Waals surface area contributed by atoms with Crippen molar-refractivity contribution >= 4 is 24.1 Å². The van der Waals surface area contributed by atoms with Crippen molar-refractivity contribution in [2.24, 2.45) is 10.8 Å². The smallest absolute Gasteiger partial charge is 0.132 e. The van der Waals surface area contributed by atoms with Crippen LogP contribution in [-0.2, 0) is 19.2 Å². The second-order valence-corrected chi connectivity index (χ2v) is 8.00. The number of hydrogen-bond donors (Lipinski definition) is 0. The van der Waals surface area contributed by atoms with Gasteiger partial charge in [-0.15, -0.1) is 0 Å². The van der Waals surface area contributed by atoms with Gasteiger partial charge in [0.2, 0.25) is 0 Å². The largest absolute Gasteiger partial charge is 0.303 e. The average molecular weight is 324 g/mol. The molecule has 0 unspecified atom stereocenters. The highest BCUT2D eigenvalue weighted by Crippen LogP contribution is 2.27. The minimum Gasteiger partial charge on any atom is -0.303 e. The molecule has 0 bridgehead atoms. The van der Waals surface area contributed by atoms with Crippen LogP contribution in [-0.4, -0.2) is 24.1 Å². The number of Topliss-reactive ketones (excluding diaryl/α,β-unsaturated/α-hetero) is 2. The number of aldehydes is 2. The Morgan fingerprint density at radius 1 is 0.696 bits per heavy atom. The predicted molar refractivity (Wildman–Crippen MR) is 91.3 cm³/mol. The van der Waals surface area contributed by atoms with Crippen molar-refractivity contribution in [3.63, 3.8) is 0 Å². The Morgan fingerprint density at radius 2 is 1.04 bits per heavy atom. The molecule has 0 heterocycles. The fourth-order valence-corrected chi connectivity index (χ4v) is 2.34. The number of carbonyl (C=O) groups excluding carboxylic acids is 4. The van der Waals surface area contributed by atoms with E-state index in [0.29, 0.717) is 57.8 Å². The first-order valence-corrected chi connectivity index (χ1v) is 8.52. The van der Waals surface area contributed by atoms with Crippen molar-refractivity contribution in [1.82, 2.24) is 0 Å². The topological polar surface area (TPSA) is 68.3 Å². The second-order valence-electron chi connectivity index (χ2n) is 8.00.